The maximum Gasteiger partial charge on any atom is 0.471 e. The minimum Gasteiger partial charge on any atom is -0.387 e. The van der Waals surface area contributed by atoms with Crippen LogP contribution in [0.15, 0.2) is 24.3 Å². The summed E-state index contributed by atoms with van der Waals surface area (Å²) >= 11 is 0. The fourth-order valence-corrected chi connectivity index (χ4v) is 2.68. The molecule has 1 aromatic rings. The summed E-state index contributed by atoms with van der Waals surface area (Å²) in [6.45, 7) is 3.35. The predicted molar refractivity (Wildman–Crippen MR) is 84.2 cm³/mol. The van der Waals surface area contributed by atoms with Gasteiger partial charge in [0.15, 0.2) is 0 Å². The van der Waals surface area contributed by atoms with E-state index in [4.69, 9.17) is 0 Å². The van der Waals surface area contributed by atoms with Crippen molar-refractivity contribution in [2.75, 3.05) is 6.54 Å². The Morgan fingerprint density at radius 2 is 1.79 bits per heavy atom. The molecule has 4 nitrogen and oxygen atoms in total. The van der Waals surface area contributed by atoms with Gasteiger partial charge in [0.25, 0.3) is 0 Å². The molecule has 0 aromatic heterocycles. The molecule has 24 heavy (non-hydrogen) atoms. The van der Waals surface area contributed by atoms with Gasteiger partial charge < -0.3 is 15.5 Å². The fourth-order valence-electron chi connectivity index (χ4n) is 2.68. The Balaban J connectivity index is 2.89. The number of hydrogen-bond donors (Lipinski definition) is 3. The van der Waals surface area contributed by atoms with Gasteiger partial charge in [0.2, 0.25) is 0 Å². The van der Waals surface area contributed by atoms with E-state index in [-0.39, 0.29) is 0 Å². The zero-order valence-electron chi connectivity index (χ0n) is 13.9. The number of halogens is 3. The molecule has 0 aliphatic rings. The van der Waals surface area contributed by atoms with Gasteiger partial charge in [0, 0.05) is 6.54 Å². The Kier molecular flexibility index (Phi) is 7.23. The van der Waals surface area contributed by atoms with Crippen molar-refractivity contribution in [1.82, 2.24) is 5.32 Å². The average Bonchev–Trinajstić information content (AvgIpc) is 2.52. The number of amides is 1. The molecule has 1 atom stereocenters. The molecular formula is C17H24F3NO3. The molecule has 0 fully saturated rings. The van der Waals surface area contributed by atoms with Gasteiger partial charge in [-0.1, -0.05) is 51.0 Å². The second-order valence-electron chi connectivity index (χ2n) is 5.88. The molecule has 0 aliphatic heterocycles. The van der Waals surface area contributed by atoms with Crippen molar-refractivity contribution in [1.29, 1.82) is 0 Å². The molecule has 1 amide bonds. The molecule has 7 heteroatoms. The summed E-state index contributed by atoms with van der Waals surface area (Å²) in [7, 11) is 0. The lowest BCUT2D eigenvalue weighted by atomic mass is 9.84. The maximum atomic E-state index is 12.2. The van der Waals surface area contributed by atoms with Crippen LogP contribution in [0.5, 0.6) is 0 Å². The van der Waals surface area contributed by atoms with Crippen LogP contribution in [-0.4, -0.2) is 28.8 Å². The van der Waals surface area contributed by atoms with E-state index in [0.717, 1.165) is 12.8 Å². The van der Waals surface area contributed by atoms with Crippen molar-refractivity contribution < 1.29 is 28.2 Å². The number of hydrogen-bond acceptors (Lipinski definition) is 3. The van der Waals surface area contributed by atoms with Crippen LogP contribution >= 0.6 is 0 Å². The van der Waals surface area contributed by atoms with Crippen LogP contribution in [-0.2, 0) is 10.4 Å². The molecule has 0 radical (unpaired) electrons. The van der Waals surface area contributed by atoms with Crippen molar-refractivity contribution in [2.45, 2.75) is 57.4 Å². The number of rotatable bonds is 8. The van der Waals surface area contributed by atoms with Crippen molar-refractivity contribution in [3.63, 3.8) is 0 Å². The number of benzene rings is 1. The SMILES string of the molecule is CCCC(O)(CCC)c1cccc([C@H](O)CNC(=O)C(F)(F)F)c1. The highest BCUT2D eigenvalue weighted by atomic mass is 19.4. The van der Waals surface area contributed by atoms with Crippen LogP contribution in [0.25, 0.3) is 0 Å². The molecule has 0 heterocycles. The van der Waals surface area contributed by atoms with Crippen molar-refractivity contribution in [3.05, 3.63) is 35.4 Å². The first kappa shape index (κ1) is 20.4. The van der Waals surface area contributed by atoms with E-state index in [0.29, 0.717) is 24.0 Å². The summed E-state index contributed by atoms with van der Waals surface area (Å²) in [6, 6.07) is 6.49. The number of carbonyl (C=O) groups is 1. The second-order valence-corrected chi connectivity index (χ2v) is 5.88. The predicted octanol–water partition coefficient (Wildman–Crippen LogP) is 3.19. The van der Waals surface area contributed by atoms with E-state index in [9.17, 15) is 28.2 Å². The lowest BCUT2D eigenvalue weighted by Crippen LogP contribution is -2.39. The summed E-state index contributed by atoms with van der Waals surface area (Å²) < 4.78 is 36.5. The molecular weight excluding hydrogens is 323 g/mol. The molecule has 0 spiro atoms. The van der Waals surface area contributed by atoms with Gasteiger partial charge in [-0.2, -0.15) is 13.2 Å². The molecule has 1 aromatic carbocycles. The lowest BCUT2D eigenvalue weighted by Gasteiger charge is -2.29. The lowest BCUT2D eigenvalue weighted by molar-refractivity contribution is -0.174. The van der Waals surface area contributed by atoms with Crippen molar-refractivity contribution in [2.24, 2.45) is 0 Å². The quantitative estimate of drug-likeness (QED) is 0.676. The van der Waals surface area contributed by atoms with Gasteiger partial charge in [0.05, 0.1) is 11.7 Å². The number of aliphatic hydroxyl groups excluding tert-OH is 1. The zero-order chi connectivity index (χ0) is 18.4. The minimum atomic E-state index is -4.98. The third kappa shape index (κ3) is 5.49. The van der Waals surface area contributed by atoms with Crippen LogP contribution in [0.4, 0.5) is 13.2 Å². The fraction of sp³-hybridized carbons (Fsp3) is 0.588. The Hall–Kier alpha value is -1.60. The third-order valence-electron chi connectivity index (χ3n) is 3.85. The number of nitrogens with one attached hydrogen (secondary N) is 1. The minimum absolute atomic E-state index is 0.348. The molecule has 0 aliphatic carbocycles. The zero-order valence-corrected chi connectivity index (χ0v) is 13.9. The third-order valence-corrected chi connectivity index (χ3v) is 3.85. The molecule has 136 valence electrons. The standard InChI is InChI=1S/C17H24F3NO3/c1-3-8-16(24,9-4-2)13-7-5-6-12(10-13)14(22)11-21-15(23)17(18,19)20/h5-7,10,14,22,24H,3-4,8-9,11H2,1-2H3,(H,21,23)/t14-/m1/s1. The summed E-state index contributed by atoms with van der Waals surface area (Å²) in [6.07, 6.45) is -3.64. The van der Waals surface area contributed by atoms with E-state index in [1.165, 1.54) is 0 Å². The van der Waals surface area contributed by atoms with Crippen LogP contribution in [0.3, 0.4) is 0 Å². The van der Waals surface area contributed by atoms with Crippen LogP contribution in [0, 0.1) is 0 Å². The molecule has 0 saturated heterocycles. The molecule has 1 rings (SSSR count). The number of carbonyl (C=O) groups excluding carboxylic acids is 1. The highest BCUT2D eigenvalue weighted by molar-refractivity contribution is 5.81. The summed E-state index contributed by atoms with van der Waals surface area (Å²) in [5.41, 5.74) is -0.0699. The first-order valence-corrected chi connectivity index (χ1v) is 8.00. The number of aliphatic hydroxyl groups is 2. The summed E-state index contributed by atoms with van der Waals surface area (Å²) in [5, 5.41) is 22.5. The highest BCUT2D eigenvalue weighted by Gasteiger charge is 2.38. The first-order valence-electron chi connectivity index (χ1n) is 8.00. The van der Waals surface area contributed by atoms with Crippen LogP contribution < -0.4 is 5.32 Å². The van der Waals surface area contributed by atoms with E-state index in [2.05, 4.69) is 0 Å². The van der Waals surface area contributed by atoms with Gasteiger partial charge >= 0.3 is 12.1 Å². The van der Waals surface area contributed by atoms with E-state index in [1.807, 2.05) is 13.8 Å². The smallest absolute Gasteiger partial charge is 0.387 e. The summed E-state index contributed by atoms with van der Waals surface area (Å²) in [5.74, 6) is -2.09. The van der Waals surface area contributed by atoms with Gasteiger partial charge in [-0.3, -0.25) is 4.79 Å². The monoisotopic (exact) mass is 347 g/mol. The van der Waals surface area contributed by atoms with E-state index >= 15 is 0 Å². The largest absolute Gasteiger partial charge is 0.471 e. The Labute approximate surface area is 139 Å². The molecule has 0 bridgehead atoms. The van der Waals surface area contributed by atoms with E-state index < -0.39 is 30.3 Å². The van der Waals surface area contributed by atoms with Crippen LogP contribution in [0.1, 0.15) is 56.8 Å². The van der Waals surface area contributed by atoms with Crippen molar-refractivity contribution in [3.8, 4) is 0 Å². The van der Waals surface area contributed by atoms with Gasteiger partial charge in [-0.15, -0.1) is 0 Å². The Bertz CT molecular complexity index is 540. The van der Waals surface area contributed by atoms with Crippen LogP contribution in [0.2, 0.25) is 0 Å². The molecule has 0 saturated carbocycles. The highest BCUT2D eigenvalue weighted by Crippen LogP contribution is 2.32. The summed E-state index contributed by atoms with van der Waals surface area (Å²) in [4.78, 5) is 10.8. The number of alkyl halides is 3. The first-order chi connectivity index (χ1) is 11.1. The Morgan fingerprint density at radius 3 is 2.29 bits per heavy atom. The topological polar surface area (TPSA) is 69.6 Å². The second kappa shape index (κ2) is 8.48. The molecule has 3 N–H and O–H groups in total. The van der Waals surface area contributed by atoms with Crippen molar-refractivity contribution >= 4 is 5.91 Å². The van der Waals surface area contributed by atoms with Gasteiger partial charge in [0.1, 0.15) is 0 Å². The average molecular weight is 347 g/mol. The Morgan fingerprint density at radius 1 is 1.21 bits per heavy atom. The van der Waals surface area contributed by atoms with E-state index in [1.54, 1.807) is 29.6 Å². The maximum absolute atomic E-state index is 12.2. The van der Waals surface area contributed by atoms with Gasteiger partial charge in [-0.05, 0) is 24.0 Å². The normalized spacial score (nSPS) is 13.6. The molecule has 0 unspecified atom stereocenters. The van der Waals surface area contributed by atoms with Gasteiger partial charge in [-0.25, -0.2) is 0 Å².